The molecule has 1 fully saturated rings. The van der Waals surface area contributed by atoms with Crippen molar-refractivity contribution in [2.24, 2.45) is 0 Å². The molecule has 1 aromatic carbocycles. The third-order valence-corrected chi connectivity index (χ3v) is 5.11. The van der Waals surface area contributed by atoms with Crippen LogP contribution in [0.15, 0.2) is 29.4 Å². The Morgan fingerprint density at radius 3 is 2.73 bits per heavy atom. The van der Waals surface area contributed by atoms with Crippen molar-refractivity contribution < 1.29 is 4.74 Å². The van der Waals surface area contributed by atoms with Crippen molar-refractivity contribution in [3.05, 3.63) is 29.8 Å². The molecule has 1 atom stereocenters. The van der Waals surface area contributed by atoms with Crippen LogP contribution < -0.4 is 0 Å². The van der Waals surface area contributed by atoms with Gasteiger partial charge >= 0.3 is 0 Å². The van der Waals surface area contributed by atoms with Gasteiger partial charge in [-0.3, -0.25) is 0 Å². The van der Waals surface area contributed by atoms with Gasteiger partial charge in [0.2, 0.25) is 0 Å². The Kier molecular flexibility index (Phi) is 5.16. The number of rotatable bonds is 5. The zero-order valence-corrected chi connectivity index (χ0v) is 14.1. The van der Waals surface area contributed by atoms with Crippen molar-refractivity contribution in [2.75, 3.05) is 12.4 Å². The van der Waals surface area contributed by atoms with Gasteiger partial charge in [-0.1, -0.05) is 41.6 Å². The first-order valence-electron chi connectivity index (χ1n) is 8.02. The first kappa shape index (κ1) is 15.6. The second-order valence-electron chi connectivity index (χ2n) is 5.72. The van der Waals surface area contributed by atoms with Gasteiger partial charge in [-0.05, 0) is 33.1 Å². The molecule has 5 heteroatoms. The van der Waals surface area contributed by atoms with E-state index >= 15 is 0 Å². The fourth-order valence-electron chi connectivity index (χ4n) is 2.70. The van der Waals surface area contributed by atoms with Crippen LogP contribution in [0.5, 0.6) is 0 Å². The maximum Gasteiger partial charge on any atom is 0.191 e. The van der Waals surface area contributed by atoms with E-state index in [-0.39, 0.29) is 0 Å². The molecule has 1 saturated heterocycles. The number of thioether (sulfide) groups is 1. The Hall–Kier alpha value is -1.33. The van der Waals surface area contributed by atoms with Gasteiger partial charge in [-0.15, -0.1) is 10.2 Å². The molecule has 2 aromatic rings. The van der Waals surface area contributed by atoms with Crippen molar-refractivity contribution in [3.8, 4) is 11.4 Å². The molecule has 1 aliphatic heterocycles. The van der Waals surface area contributed by atoms with E-state index in [0.29, 0.717) is 6.10 Å². The lowest BCUT2D eigenvalue weighted by Crippen LogP contribution is -2.21. The van der Waals surface area contributed by atoms with E-state index < -0.39 is 0 Å². The van der Waals surface area contributed by atoms with Gasteiger partial charge < -0.3 is 9.30 Å². The average Bonchev–Trinajstić information content (AvgIpc) is 2.97. The Bertz CT molecular complexity index is 603. The summed E-state index contributed by atoms with van der Waals surface area (Å²) >= 11 is 1.76. The van der Waals surface area contributed by atoms with E-state index in [1.807, 2.05) is 0 Å². The molecule has 0 aliphatic carbocycles. The molecule has 0 N–H and O–H groups in total. The van der Waals surface area contributed by atoms with Gasteiger partial charge in [0.25, 0.3) is 0 Å². The third kappa shape index (κ3) is 3.52. The molecule has 0 spiro atoms. The second kappa shape index (κ2) is 7.29. The Labute approximate surface area is 136 Å². The molecule has 1 aromatic heterocycles. The fourth-order valence-corrected chi connectivity index (χ4v) is 3.77. The zero-order valence-electron chi connectivity index (χ0n) is 13.3. The first-order valence-corrected chi connectivity index (χ1v) is 9.01. The SMILES string of the molecule is CCn1c(SCC2CCCCO2)nnc1-c1ccc(C)cc1. The lowest BCUT2D eigenvalue weighted by atomic mass is 10.1. The van der Waals surface area contributed by atoms with Crippen molar-refractivity contribution in [1.29, 1.82) is 0 Å². The van der Waals surface area contributed by atoms with Crippen LogP contribution in [-0.2, 0) is 11.3 Å². The van der Waals surface area contributed by atoms with E-state index in [0.717, 1.165) is 41.9 Å². The number of benzene rings is 1. The van der Waals surface area contributed by atoms with Crippen molar-refractivity contribution >= 4 is 11.8 Å². The molecular weight excluding hydrogens is 294 g/mol. The summed E-state index contributed by atoms with van der Waals surface area (Å²) in [6, 6.07) is 8.47. The summed E-state index contributed by atoms with van der Waals surface area (Å²) in [6.07, 6.45) is 4.01. The smallest absolute Gasteiger partial charge is 0.191 e. The molecule has 2 heterocycles. The molecule has 0 saturated carbocycles. The van der Waals surface area contributed by atoms with Gasteiger partial charge in [0.05, 0.1) is 6.10 Å². The number of nitrogens with zero attached hydrogens (tertiary/aromatic N) is 3. The number of hydrogen-bond donors (Lipinski definition) is 0. The highest BCUT2D eigenvalue weighted by molar-refractivity contribution is 7.99. The van der Waals surface area contributed by atoms with Crippen molar-refractivity contribution in [3.63, 3.8) is 0 Å². The Balaban J connectivity index is 1.73. The molecule has 0 radical (unpaired) electrons. The van der Waals surface area contributed by atoms with Gasteiger partial charge in [0.1, 0.15) is 0 Å². The summed E-state index contributed by atoms with van der Waals surface area (Å²) in [6.45, 7) is 6.02. The van der Waals surface area contributed by atoms with Crippen LogP contribution in [0.4, 0.5) is 0 Å². The van der Waals surface area contributed by atoms with Crippen LogP contribution in [-0.4, -0.2) is 33.2 Å². The summed E-state index contributed by atoms with van der Waals surface area (Å²) in [5, 5.41) is 9.79. The number of hydrogen-bond acceptors (Lipinski definition) is 4. The quantitative estimate of drug-likeness (QED) is 0.783. The maximum atomic E-state index is 5.80. The van der Waals surface area contributed by atoms with Crippen LogP contribution in [0.1, 0.15) is 31.7 Å². The van der Waals surface area contributed by atoms with E-state index in [2.05, 4.69) is 52.9 Å². The molecule has 4 nitrogen and oxygen atoms in total. The van der Waals surface area contributed by atoms with Crippen molar-refractivity contribution in [2.45, 2.75) is 50.9 Å². The first-order chi connectivity index (χ1) is 10.8. The molecule has 0 bridgehead atoms. The van der Waals surface area contributed by atoms with Crippen molar-refractivity contribution in [1.82, 2.24) is 14.8 Å². The number of aryl methyl sites for hydroxylation is 1. The molecule has 118 valence electrons. The van der Waals surface area contributed by atoms with E-state index in [1.165, 1.54) is 18.4 Å². The highest BCUT2D eigenvalue weighted by Gasteiger charge is 2.18. The highest BCUT2D eigenvalue weighted by atomic mass is 32.2. The summed E-state index contributed by atoms with van der Waals surface area (Å²) in [5.74, 6) is 1.92. The van der Waals surface area contributed by atoms with Crippen LogP contribution in [0.3, 0.4) is 0 Å². The Morgan fingerprint density at radius 2 is 2.05 bits per heavy atom. The average molecular weight is 317 g/mol. The summed E-state index contributed by atoms with van der Waals surface area (Å²) in [5.41, 5.74) is 2.39. The number of aromatic nitrogens is 3. The minimum atomic E-state index is 0.364. The van der Waals surface area contributed by atoms with E-state index in [1.54, 1.807) is 11.8 Å². The fraction of sp³-hybridized carbons (Fsp3) is 0.529. The predicted molar refractivity (Wildman–Crippen MR) is 90.2 cm³/mol. The van der Waals surface area contributed by atoms with E-state index in [9.17, 15) is 0 Å². The largest absolute Gasteiger partial charge is 0.377 e. The highest BCUT2D eigenvalue weighted by Crippen LogP contribution is 2.26. The van der Waals surface area contributed by atoms with E-state index in [4.69, 9.17) is 4.74 Å². The monoisotopic (exact) mass is 317 g/mol. The summed E-state index contributed by atoms with van der Waals surface area (Å²) in [7, 11) is 0. The van der Waals surface area contributed by atoms with Gasteiger partial charge in [-0.25, -0.2) is 0 Å². The molecule has 1 unspecified atom stereocenters. The lowest BCUT2D eigenvalue weighted by Gasteiger charge is -2.21. The Morgan fingerprint density at radius 1 is 1.23 bits per heavy atom. The zero-order chi connectivity index (χ0) is 15.4. The van der Waals surface area contributed by atoms with Crippen LogP contribution >= 0.6 is 11.8 Å². The van der Waals surface area contributed by atoms with Gasteiger partial charge in [-0.2, -0.15) is 0 Å². The van der Waals surface area contributed by atoms with Gasteiger partial charge in [0, 0.05) is 24.5 Å². The minimum Gasteiger partial charge on any atom is -0.377 e. The van der Waals surface area contributed by atoms with Gasteiger partial charge in [0.15, 0.2) is 11.0 Å². The van der Waals surface area contributed by atoms with Crippen LogP contribution in [0.2, 0.25) is 0 Å². The van der Waals surface area contributed by atoms with Crippen LogP contribution in [0, 0.1) is 6.92 Å². The molecule has 22 heavy (non-hydrogen) atoms. The topological polar surface area (TPSA) is 39.9 Å². The molecule has 3 rings (SSSR count). The standard InChI is InChI=1S/C17H23N3OS/c1-3-20-16(14-9-7-13(2)8-10-14)18-19-17(20)22-12-15-6-4-5-11-21-15/h7-10,15H,3-6,11-12H2,1-2H3. The maximum absolute atomic E-state index is 5.80. The lowest BCUT2D eigenvalue weighted by molar-refractivity contribution is 0.0315. The predicted octanol–water partition coefficient (Wildman–Crippen LogP) is 3.93. The number of ether oxygens (including phenoxy) is 1. The third-order valence-electron chi connectivity index (χ3n) is 4.02. The van der Waals surface area contributed by atoms with Crippen LogP contribution in [0.25, 0.3) is 11.4 Å². The summed E-state index contributed by atoms with van der Waals surface area (Å²) in [4.78, 5) is 0. The second-order valence-corrected chi connectivity index (χ2v) is 6.70. The molecule has 0 amide bonds. The molecular formula is C17H23N3OS. The molecule has 1 aliphatic rings. The minimum absolute atomic E-state index is 0.364. The normalized spacial score (nSPS) is 18.5. The summed E-state index contributed by atoms with van der Waals surface area (Å²) < 4.78 is 7.99.